The largest absolute Gasteiger partial charge is 0.355 e. The number of aromatic nitrogens is 1. The van der Waals surface area contributed by atoms with Crippen LogP contribution in [0.15, 0.2) is 42.6 Å². The number of carbonyl (C=O) groups excluding carboxylic acids is 1. The zero-order valence-electron chi connectivity index (χ0n) is 16.2. The minimum Gasteiger partial charge on any atom is -0.355 e. The minimum absolute atomic E-state index is 0.130. The number of nitrogens with zero attached hydrogens (tertiary/aromatic N) is 2. The van der Waals surface area contributed by atoms with Crippen LogP contribution in [0.1, 0.15) is 55.5 Å². The molecule has 0 spiro atoms. The van der Waals surface area contributed by atoms with Gasteiger partial charge < -0.3 is 9.88 Å². The van der Waals surface area contributed by atoms with E-state index < -0.39 is 0 Å². The van der Waals surface area contributed by atoms with Crippen molar-refractivity contribution in [2.45, 2.75) is 45.1 Å². The molecule has 2 heterocycles. The molecule has 4 heteroatoms. The van der Waals surface area contributed by atoms with E-state index in [4.69, 9.17) is 0 Å². The lowest BCUT2D eigenvalue weighted by Gasteiger charge is -2.24. The maximum absolute atomic E-state index is 12.4. The molecule has 1 aliphatic rings. The average Bonchev–Trinajstić information content (AvgIpc) is 3.23. The molecule has 2 aromatic rings. The Balaban J connectivity index is 1.46. The van der Waals surface area contributed by atoms with Gasteiger partial charge in [-0.3, -0.25) is 9.69 Å². The highest BCUT2D eigenvalue weighted by molar-refractivity contribution is 5.78. The van der Waals surface area contributed by atoms with Crippen LogP contribution in [0.4, 0.5) is 0 Å². The molecule has 4 nitrogen and oxygen atoms in total. The molecule has 1 fully saturated rings. The number of likely N-dealkylation sites (tertiary alicyclic amines) is 1. The van der Waals surface area contributed by atoms with Gasteiger partial charge in [0.05, 0.1) is 12.6 Å². The number of hydrogen-bond acceptors (Lipinski definition) is 2. The Kier molecular flexibility index (Phi) is 6.15. The van der Waals surface area contributed by atoms with Crippen LogP contribution in [-0.4, -0.2) is 35.0 Å². The summed E-state index contributed by atoms with van der Waals surface area (Å²) in [5.74, 6) is 0.686. The monoisotopic (exact) mass is 353 g/mol. The Bertz CT molecular complexity index is 717. The van der Waals surface area contributed by atoms with Crippen LogP contribution >= 0.6 is 0 Å². The molecule has 0 aliphatic carbocycles. The normalized spacial score (nSPS) is 17.8. The summed E-state index contributed by atoms with van der Waals surface area (Å²) < 4.78 is 2.17. The van der Waals surface area contributed by atoms with E-state index in [1.54, 1.807) is 0 Å². The first-order chi connectivity index (χ1) is 12.5. The summed E-state index contributed by atoms with van der Waals surface area (Å²) in [4.78, 5) is 14.7. The minimum atomic E-state index is 0.130. The third-order valence-electron chi connectivity index (χ3n) is 5.42. The van der Waals surface area contributed by atoms with E-state index in [1.807, 2.05) is 0 Å². The molecule has 1 N–H and O–H groups in total. The second-order valence-corrected chi connectivity index (χ2v) is 7.67. The summed E-state index contributed by atoms with van der Waals surface area (Å²) in [5, 5.41) is 3.09. The number of carbonyl (C=O) groups is 1. The predicted octanol–water partition coefficient (Wildman–Crippen LogP) is 3.64. The van der Waals surface area contributed by atoms with Crippen molar-refractivity contribution in [3.05, 3.63) is 59.4 Å². The molecule has 1 saturated heterocycles. The second-order valence-electron chi connectivity index (χ2n) is 7.67. The number of aryl methyl sites for hydroxylation is 1. The van der Waals surface area contributed by atoms with E-state index in [1.165, 1.54) is 16.8 Å². The molecular weight excluding hydrogens is 322 g/mol. The van der Waals surface area contributed by atoms with Crippen molar-refractivity contribution in [1.29, 1.82) is 0 Å². The predicted molar refractivity (Wildman–Crippen MR) is 106 cm³/mol. The van der Waals surface area contributed by atoms with Gasteiger partial charge in [-0.15, -0.1) is 0 Å². The Morgan fingerprint density at radius 2 is 2.00 bits per heavy atom. The quantitative estimate of drug-likeness (QED) is 0.825. The topological polar surface area (TPSA) is 37.3 Å². The molecule has 140 valence electrons. The molecule has 0 bridgehead atoms. The summed E-state index contributed by atoms with van der Waals surface area (Å²) in [7, 11) is 2.08. The van der Waals surface area contributed by atoms with Gasteiger partial charge in [0.2, 0.25) is 5.91 Å². The van der Waals surface area contributed by atoms with E-state index in [9.17, 15) is 4.79 Å². The number of rotatable bonds is 7. The number of nitrogens with one attached hydrogen (secondary N) is 1. The van der Waals surface area contributed by atoms with E-state index in [0.29, 0.717) is 25.0 Å². The van der Waals surface area contributed by atoms with E-state index in [-0.39, 0.29) is 5.91 Å². The van der Waals surface area contributed by atoms with E-state index in [0.717, 1.165) is 25.8 Å². The summed E-state index contributed by atoms with van der Waals surface area (Å²) in [6.07, 6.45) is 5.25. The first-order valence-electron chi connectivity index (χ1n) is 9.75. The van der Waals surface area contributed by atoms with Crippen LogP contribution in [-0.2, 0) is 18.3 Å². The third-order valence-corrected chi connectivity index (χ3v) is 5.42. The van der Waals surface area contributed by atoms with Crippen molar-refractivity contribution in [3.63, 3.8) is 0 Å². The molecule has 0 unspecified atom stereocenters. The maximum atomic E-state index is 12.4. The Morgan fingerprint density at radius 1 is 1.23 bits per heavy atom. The highest BCUT2D eigenvalue weighted by atomic mass is 16.2. The van der Waals surface area contributed by atoms with Crippen molar-refractivity contribution >= 4 is 5.91 Å². The lowest BCUT2D eigenvalue weighted by atomic mass is 10.0. The zero-order valence-corrected chi connectivity index (χ0v) is 16.2. The molecule has 1 aromatic carbocycles. The molecular formula is C22H31N3O. The van der Waals surface area contributed by atoms with Gasteiger partial charge in [0.25, 0.3) is 0 Å². The summed E-state index contributed by atoms with van der Waals surface area (Å²) >= 11 is 0. The van der Waals surface area contributed by atoms with Crippen molar-refractivity contribution in [2.24, 2.45) is 7.05 Å². The van der Waals surface area contributed by atoms with Gasteiger partial charge in [0.1, 0.15) is 0 Å². The van der Waals surface area contributed by atoms with Gasteiger partial charge in [-0.1, -0.05) is 38.1 Å². The average molecular weight is 354 g/mol. The van der Waals surface area contributed by atoms with Crippen molar-refractivity contribution in [3.8, 4) is 0 Å². The lowest BCUT2D eigenvalue weighted by Crippen LogP contribution is -2.38. The molecule has 1 atom stereocenters. The van der Waals surface area contributed by atoms with Gasteiger partial charge in [-0.25, -0.2) is 0 Å². The standard InChI is InChI=1S/C22H31N3O/c1-17(2)19-10-8-18(9-11-19)12-13-23-22(26)16-25-15-5-7-21(25)20-6-4-14-24(20)3/h4,6,8-11,14,17,21H,5,7,12-13,15-16H2,1-3H3,(H,23,26)/t21-/m0/s1. The molecule has 26 heavy (non-hydrogen) atoms. The molecule has 3 rings (SSSR count). The zero-order chi connectivity index (χ0) is 18.5. The smallest absolute Gasteiger partial charge is 0.234 e. The second kappa shape index (κ2) is 8.54. The highest BCUT2D eigenvalue weighted by Crippen LogP contribution is 2.31. The van der Waals surface area contributed by atoms with Gasteiger partial charge in [-0.2, -0.15) is 0 Å². The molecule has 1 aromatic heterocycles. The SMILES string of the molecule is CC(C)c1ccc(CCNC(=O)CN2CCC[C@H]2c2cccn2C)cc1. The fraction of sp³-hybridized carbons (Fsp3) is 0.500. The van der Waals surface area contributed by atoms with Crippen LogP contribution in [0.3, 0.4) is 0 Å². The van der Waals surface area contributed by atoms with Gasteiger partial charge in [-0.05, 0) is 55.0 Å². The summed E-state index contributed by atoms with van der Waals surface area (Å²) in [6.45, 7) is 6.59. The fourth-order valence-corrected chi connectivity index (χ4v) is 3.83. The van der Waals surface area contributed by atoms with E-state index in [2.05, 4.69) is 78.3 Å². The molecule has 1 aliphatic heterocycles. The molecule has 0 radical (unpaired) electrons. The summed E-state index contributed by atoms with van der Waals surface area (Å²) in [6, 6.07) is 13.3. The van der Waals surface area contributed by atoms with Crippen molar-refractivity contribution in [1.82, 2.24) is 14.8 Å². The van der Waals surface area contributed by atoms with Crippen molar-refractivity contribution < 1.29 is 4.79 Å². The molecule has 1 amide bonds. The van der Waals surface area contributed by atoms with Gasteiger partial charge in [0, 0.05) is 25.5 Å². The Labute approximate surface area is 157 Å². The number of hydrogen-bond donors (Lipinski definition) is 1. The van der Waals surface area contributed by atoms with Gasteiger partial charge in [0.15, 0.2) is 0 Å². The first kappa shape index (κ1) is 18.7. The van der Waals surface area contributed by atoms with Crippen LogP contribution in [0, 0.1) is 0 Å². The summed E-state index contributed by atoms with van der Waals surface area (Å²) in [5.41, 5.74) is 3.94. The lowest BCUT2D eigenvalue weighted by molar-refractivity contribution is -0.122. The van der Waals surface area contributed by atoms with Crippen molar-refractivity contribution in [2.75, 3.05) is 19.6 Å². The Hall–Kier alpha value is -2.07. The van der Waals surface area contributed by atoms with E-state index >= 15 is 0 Å². The Morgan fingerprint density at radius 3 is 2.65 bits per heavy atom. The fourth-order valence-electron chi connectivity index (χ4n) is 3.83. The van der Waals surface area contributed by atoms with Crippen LogP contribution < -0.4 is 5.32 Å². The van der Waals surface area contributed by atoms with Crippen LogP contribution in [0.2, 0.25) is 0 Å². The van der Waals surface area contributed by atoms with Gasteiger partial charge >= 0.3 is 0 Å². The van der Waals surface area contributed by atoms with Crippen LogP contribution in [0.5, 0.6) is 0 Å². The highest BCUT2D eigenvalue weighted by Gasteiger charge is 2.28. The number of amides is 1. The number of benzene rings is 1. The van der Waals surface area contributed by atoms with Crippen LogP contribution in [0.25, 0.3) is 0 Å². The third kappa shape index (κ3) is 4.55. The first-order valence-corrected chi connectivity index (χ1v) is 9.75. The maximum Gasteiger partial charge on any atom is 0.234 e. The molecule has 0 saturated carbocycles.